The van der Waals surface area contributed by atoms with Gasteiger partial charge in [-0.05, 0) is 75.2 Å². The van der Waals surface area contributed by atoms with Crippen LogP contribution in [-0.4, -0.2) is 73.2 Å². The van der Waals surface area contributed by atoms with Crippen molar-refractivity contribution >= 4 is 47.5 Å². The van der Waals surface area contributed by atoms with Crippen LogP contribution in [0.1, 0.15) is 38.8 Å². The lowest BCUT2D eigenvalue weighted by Gasteiger charge is -2.27. The maximum Gasteiger partial charge on any atom is 0.335 e. The van der Waals surface area contributed by atoms with Gasteiger partial charge in [-0.15, -0.1) is 0 Å². The van der Waals surface area contributed by atoms with Crippen molar-refractivity contribution in [2.75, 3.05) is 37.9 Å². The van der Waals surface area contributed by atoms with Gasteiger partial charge in [0.15, 0.2) is 0 Å². The van der Waals surface area contributed by atoms with Gasteiger partial charge in [0.1, 0.15) is 0 Å². The summed E-state index contributed by atoms with van der Waals surface area (Å²) in [5.41, 5.74) is 3.24. The van der Waals surface area contributed by atoms with Gasteiger partial charge in [-0.25, -0.2) is 19.2 Å². The van der Waals surface area contributed by atoms with Crippen molar-refractivity contribution in [3.05, 3.63) is 107 Å². The first-order valence-corrected chi connectivity index (χ1v) is 15.0. The molecule has 3 aromatic rings. The van der Waals surface area contributed by atoms with Gasteiger partial charge in [0.05, 0.1) is 38.5 Å². The number of anilines is 2. The van der Waals surface area contributed by atoms with E-state index in [2.05, 4.69) is 10.6 Å². The second-order valence-electron chi connectivity index (χ2n) is 11.0. The number of rotatable bonds is 12. The van der Waals surface area contributed by atoms with Gasteiger partial charge in [-0.1, -0.05) is 60.7 Å². The van der Waals surface area contributed by atoms with Crippen LogP contribution in [0.4, 0.5) is 21.0 Å². The molecule has 0 aliphatic carbocycles. The van der Waals surface area contributed by atoms with Crippen LogP contribution in [0, 0.1) is 0 Å². The summed E-state index contributed by atoms with van der Waals surface area (Å²) in [5.74, 6) is -1.12. The Morgan fingerprint density at radius 1 is 0.587 bits per heavy atom. The van der Waals surface area contributed by atoms with Gasteiger partial charge in [-0.2, -0.15) is 0 Å². The summed E-state index contributed by atoms with van der Waals surface area (Å²) in [6, 6.07) is 24.2. The van der Waals surface area contributed by atoms with Crippen LogP contribution < -0.4 is 10.6 Å². The number of hydrogen-bond acceptors (Lipinski definition) is 6. The highest BCUT2D eigenvalue weighted by atomic mass is 16.5. The third-order valence-corrected chi connectivity index (χ3v) is 7.01. The maximum atomic E-state index is 13.1. The minimum Gasteiger partial charge on any atom is -0.466 e. The third-order valence-electron chi connectivity index (χ3n) is 7.01. The van der Waals surface area contributed by atoms with Crippen LogP contribution in [0.25, 0.3) is 12.2 Å². The topological polar surface area (TPSA) is 117 Å². The minimum absolute atomic E-state index is 0.0211. The van der Waals surface area contributed by atoms with Crippen LogP contribution in [0.3, 0.4) is 0 Å². The molecule has 46 heavy (non-hydrogen) atoms. The van der Waals surface area contributed by atoms with Crippen molar-refractivity contribution in [2.45, 2.75) is 39.8 Å². The molecule has 10 nitrogen and oxygen atoms in total. The first-order chi connectivity index (χ1) is 22.0. The van der Waals surface area contributed by atoms with Crippen molar-refractivity contribution in [3.8, 4) is 0 Å². The number of esters is 2. The predicted molar refractivity (Wildman–Crippen MR) is 181 cm³/mol. The Kier molecular flexibility index (Phi) is 13.1. The molecule has 0 heterocycles. The van der Waals surface area contributed by atoms with E-state index in [-0.39, 0.29) is 48.4 Å². The quantitative estimate of drug-likeness (QED) is 0.171. The van der Waals surface area contributed by atoms with Crippen LogP contribution in [0.5, 0.6) is 0 Å². The molecule has 0 bridgehead atoms. The van der Waals surface area contributed by atoms with E-state index < -0.39 is 11.9 Å². The molecule has 0 aliphatic rings. The average Bonchev–Trinajstić information content (AvgIpc) is 3.05. The van der Waals surface area contributed by atoms with E-state index in [1.165, 1.54) is 14.2 Å². The molecule has 0 unspecified atom stereocenters. The molecule has 242 valence electrons. The van der Waals surface area contributed by atoms with Crippen LogP contribution in [0.2, 0.25) is 0 Å². The summed E-state index contributed by atoms with van der Waals surface area (Å²) < 4.78 is 10.1. The van der Waals surface area contributed by atoms with E-state index in [9.17, 15) is 19.2 Å². The SMILES string of the molecule is COC(=O)/C(=C/c1ccc(/C=C(\CN(C(=O)Nc2ccccc2)C(C)C)C(=O)OC)cc1)CN(C(=O)Nc1ccccc1)C(C)C. The molecule has 0 saturated heterocycles. The predicted octanol–water partition coefficient (Wildman–Crippen LogP) is 6.68. The molecule has 0 fully saturated rings. The molecule has 3 aromatic carbocycles. The van der Waals surface area contributed by atoms with Gasteiger partial charge in [0, 0.05) is 23.5 Å². The molecule has 0 spiro atoms. The number of amides is 4. The second kappa shape index (κ2) is 17.2. The van der Waals surface area contributed by atoms with Gasteiger partial charge < -0.3 is 29.9 Å². The fourth-order valence-electron chi connectivity index (χ4n) is 4.47. The summed E-state index contributed by atoms with van der Waals surface area (Å²) >= 11 is 0. The third kappa shape index (κ3) is 10.4. The van der Waals surface area contributed by atoms with Gasteiger partial charge in [-0.3, -0.25) is 0 Å². The molecule has 0 radical (unpaired) electrons. The van der Waals surface area contributed by atoms with Gasteiger partial charge >= 0.3 is 24.0 Å². The normalized spacial score (nSPS) is 11.6. The molecule has 0 aromatic heterocycles. The minimum atomic E-state index is -0.558. The highest BCUT2D eigenvalue weighted by molar-refractivity contribution is 5.97. The van der Waals surface area contributed by atoms with E-state index in [0.717, 1.165) is 0 Å². The standard InChI is InChI=1S/C36H42N4O6/c1-25(2)39(35(43)37-31-13-9-7-10-14-31)23-29(33(41)45-5)21-27-17-19-28(20-18-27)22-30(34(42)46-6)24-40(26(3)4)36(44)38-32-15-11-8-12-16-32/h7-22,25-26H,23-24H2,1-6H3,(H,37,43)(H,38,44)/b29-21+,30-22+. The van der Waals surface area contributed by atoms with Crippen molar-refractivity contribution < 1.29 is 28.7 Å². The highest BCUT2D eigenvalue weighted by Crippen LogP contribution is 2.18. The number of benzene rings is 3. The Bertz CT molecular complexity index is 1420. The number of hydrogen-bond donors (Lipinski definition) is 2. The maximum absolute atomic E-state index is 13.1. The zero-order valence-electron chi connectivity index (χ0n) is 27.2. The number of para-hydroxylation sites is 2. The smallest absolute Gasteiger partial charge is 0.335 e. The fourth-order valence-corrected chi connectivity index (χ4v) is 4.47. The first kappa shape index (κ1) is 35.1. The Hall–Kier alpha value is -5.38. The number of carbonyl (C=O) groups excluding carboxylic acids is 4. The lowest BCUT2D eigenvalue weighted by molar-refractivity contribution is -0.137. The Morgan fingerprint density at radius 2 is 0.913 bits per heavy atom. The van der Waals surface area contributed by atoms with E-state index in [1.54, 1.807) is 70.5 Å². The number of nitrogens with one attached hydrogen (secondary N) is 2. The largest absolute Gasteiger partial charge is 0.466 e. The molecular weight excluding hydrogens is 584 g/mol. The molecule has 0 atom stereocenters. The van der Waals surface area contributed by atoms with Gasteiger partial charge in [0.25, 0.3) is 0 Å². The van der Waals surface area contributed by atoms with Crippen LogP contribution in [0.15, 0.2) is 96.1 Å². The molecule has 0 saturated carbocycles. The van der Waals surface area contributed by atoms with E-state index in [4.69, 9.17) is 9.47 Å². The number of methoxy groups -OCH3 is 2. The molecular formula is C36H42N4O6. The Morgan fingerprint density at radius 3 is 1.20 bits per heavy atom. The van der Waals surface area contributed by atoms with E-state index in [0.29, 0.717) is 22.5 Å². The molecule has 3 rings (SSSR count). The molecule has 0 aliphatic heterocycles. The van der Waals surface area contributed by atoms with Crippen molar-refractivity contribution in [3.63, 3.8) is 0 Å². The summed E-state index contributed by atoms with van der Waals surface area (Å²) in [7, 11) is 2.59. The number of carbonyl (C=O) groups is 4. The average molecular weight is 627 g/mol. The number of ether oxygens (including phenoxy) is 2. The summed E-state index contributed by atoms with van der Waals surface area (Å²) in [6.07, 6.45) is 3.33. The van der Waals surface area contributed by atoms with Crippen molar-refractivity contribution in [1.82, 2.24) is 9.80 Å². The molecule has 10 heteroatoms. The Balaban J connectivity index is 1.83. The molecule has 4 amide bonds. The zero-order valence-corrected chi connectivity index (χ0v) is 27.2. The van der Waals surface area contributed by atoms with E-state index >= 15 is 0 Å². The first-order valence-electron chi connectivity index (χ1n) is 15.0. The Labute approximate surface area is 270 Å². The van der Waals surface area contributed by atoms with Gasteiger partial charge in [0.2, 0.25) is 0 Å². The summed E-state index contributed by atoms with van der Waals surface area (Å²) in [4.78, 5) is 54.8. The van der Waals surface area contributed by atoms with Crippen molar-refractivity contribution in [1.29, 1.82) is 0 Å². The lowest BCUT2D eigenvalue weighted by atomic mass is 10.1. The number of urea groups is 2. The zero-order chi connectivity index (χ0) is 33.6. The van der Waals surface area contributed by atoms with Crippen LogP contribution >= 0.6 is 0 Å². The van der Waals surface area contributed by atoms with E-state index in [1.807, 2.05) is 64.1 Å². The van der Waals surface area contributed by atoms with Crippen molar-refractivity contribution in [2.24, 2.45) is 0 Å². The van der Waals surface area contributed by atoms with Crippen LogP contribution in [-0.2, 0) is 19.1 Å². The second-order valence-corrected chi connectivity index (χ2v) is 11.0. The lowest BCUT2D eigenvalue weighted by Crippen LogP contribution is -2.42. The summed E-state index contributed by atoms with van der Waals surface area (Å²) in [5, 5.41) is 5.73. The molecule has 2 N–H and O–H groups in total. The highest BCUT2D eigenvalue weighted by Gasteiger charge is 2.24. The summed E-state index contributed by atoms with van der Waals surface area (Å²) in [6.45, 7) is 7.51. The fraction of sp³-hybridized carbons (Fsp3) is 0.278. The number of nitrogens with zero attached hydrogens (tertiary/aromatic N) is 2. The monoisotopic (exact) mass is 626 g/mol.